The molecule has 1 aromatic carbocycles. The summed E-state index contributed by atoms with van der Waals surface area (Å²) >= 11 is 3.59. The number of hydrogen-bond donors (Lipinski definition) is 0. The summed E-state index contributed by atoms with van der Waals surface area (Å²) in [6.45, 7) is 6.42. The molecule has 4 heteroatoms. The molecule has 0 radical (unpaired) electrons. The van der Waals surface area contributed by atoms with Crippen molar-refractivity contribution in [1.82, 2.24) is 0 Å². The molecule has 0 N–H and O–H groups in total. The van der Waals surface area contributed by atoms with Gasteiger partial charge in [0.25, 0.3) is 5.69 Å². The van der Waals surface area contributed by atoms with Gasteiger partial charge < -0.3 is 0 Å². The van der Waals surface area contributed by atoms with Crippen molar-refractivity contribution in [2.24, 2.45) is 5.92 Å². The van der Waals surface area contributed by atoms with Gasteiger partial charge in [-0.1, -0.05) is 48.8 Å². The van der Waals surface area contributed by atoms with Crippen LogP contribution in [-0.2, 0) is 0 Å². The summed E-state index contributed by atoms with van der Waals surface area (Å²) < 4.78 is 0. The zero-order valence-corrected chi connectivity index (χ0v) is 11.3. The quantitative estimate of drug-likeness (QED) is 0.474. The first-order valence-electron chi connectivity index (χ1n) is 5.32. The van der Waals surface area contributed by atoms with E-state index in [9.17, 15) is 10.1 Å². The van der Waals surface area contributed by atoms with Crippen molar-refractivity contribution in [2.75, 3.05) is 0 Å². The molecule has 0 aliphatic rings. The van der Waals surface area contributed by atoms with Gasteiger partial charge >= 0.3 is 0 Å². The Morgan fingerprint density at radius 1 is 1.19 bits per heavy atom. The van der Waals surface area contributed by atoms with E-state index in [0.717, 1.165) is 5.56 Å². The Morgan fingerprint density at radius 2 is 1.69 bits per heavy atom. The van der Waals surface area contributed by atoms with Crippen LogP contribution in [-0.4, -0.2) is 9.75 Å². The van der Waals surface area contributed by atoms with E-state index in [1.54, 1.807) is 12.1 Å². The van der Waals surface area contributed by atoms with Crippen LogP contribution < -0.4 is 0 Å². The van der Waals surface area contributed by atoms with Gasteiger partial charge in [-0.2, -0.15) is 0 Å². The summed E-state index contributed by atoms with van der Waals surface area (Å²) in [7, 11) is 0. The SMILES string of the molecule is CC(C)C(c1ccc([N+](=O)[O-])cc1)C(C)Br. The van der Waals surface area contributed by atoms with Crippen LogP contribution in [0, 0.1) is 16.0 Å². The van der Waals surface area contributed by atoms with Crippen LogP contribution in [0.1, 0.15) is 32.3 Å². The number of alkyl halides is 1. The average molecular weight is 286 g/mol. The first-order chi connectivity index (χ1) is 7.43. The van der Waals surface area contributed by atoms with Crippen molar-refractivity contribution in [1.29, 1.82) is 0 Å². The van der Waals surface area contributed by atoms with Crippen molar-refractivity contribution in [3.63, 3.8) is 0 Å². The molecule has 0 fully saturated rings. The molecule has 0 saturated heterocycles. The largest absolute Gasteiger partial charge is 0.269 e. The Labute approximate surface area is 104 Å². The number of nitro benzene ring substituents is 1. The fourth-order valence-corrected chi connectivity index (χ4v) is 2.91. The zero-order valence-electron chi connectivity index (χ0n) is 9.68. The molecule has 0 aliphatic carbocycles. The van der Waals surface area contributed by atoms with Crippen LogP contribution in [0.5, 0.6) is 0 Å². The highest BCUT2D eigenvalue weighted by atomic mass is 79.9. The third kappa shape index (κ3) is 3.04. The third-order valence-corrected chi connectivity index (χ3v) is 3.27. The van der Waals surface area contributed by atoms with Gasteiger partial charge in [0.1, 0.15) is 0 Å². The molecule has 2 unspecified atom stereocenters. The lowest BCUT2D eigenvalue weighted by Gasteiger charge is -2.23. The maximum Gasteiger partial charge on any atom is 0.269 e. The standard InChI is InChI=1S/C12H16BrNO2/c1-8(2)12(9(3)13)10-4-6-11(7-5-10)14(15)16/h4-9,12H,1-3H3. The van der Waals surface area contributed by atoms with Crippen LogP contribution in [0.25, 0.3) is 0 Å². The topological polar surface area (TPSA) is 43.1 Å². The van der Waals surface area contributed by atoms with Crippen LogP contribution in [0.4, 0.5) is 5.69 Å². The first-order valence-corrected chi connectivity index (χ1v) is 6.23. The molecule has 0 aliphatic heterocycles. The highest BCUT2D eigenvalue weighted by Crippen LogP contribution is 2.32. The molecule has 16 heavy (non-hydrogen) atoms. The number of non-ortho nitro benzene ring substituents is 1. The Balaban J connectivity index is 2.99. The summed E-state index contributed by atoms with van der Waals surface area (Å²) in [6, 6.07) is 6.83. The van der Waals surface area contributed by atoms with Gasteiger partial charge in [-0.3, -0.25) is 10.1 Å². The number of nitro groups is 1. The first kappa shape index (κ1) is 13.2. The monoisotopic (exact) mass is 285 g/mol. The van der Waals surface area contributed by atoms with Crippen LogP contribution in [0.3, 0.4) is 0 Å². The minimum Gasteiger partial charge on any atom is -0.258 e. The van der Waals surface area contributed by atoms with Crippen molar-refractivity contribution in [2.45, 2.75) is 31.5 Å². The van der Waals surface area contributed by atoms with Gasteiger partial charge in [-0.25, -0.2) is 0 Å². The number of benzene rings is 1. The second kappa shape index (κ2) is 5.43. The lowest BCUT2D eigenvalue weighted by molar-refractivity contribution is -0.384. The van der Waals surface area contributed by atoms with E-state index in [4.69, 9.17) is 0 Å². The molecule has 0 bridgehead atoms. The van der Waals surface area contributed by atoms with Gasteiger partial charge in [-0.15, -0.1) is 0 Å². The second-order valence-electron chi connectivity index (χ2n) is 4.30. The number of halogens is 1. The van der Waals surface area contributed by atoms with E-state index in [-0.39, 0.29) is 10.6 Å². The van der Waals surface area contributed by atoms with Gasteiger partial charge in [0, 0.05) is 17.0 Å². The van der Waals surface area contributed by atoms with Crippen molar-refractivity contribution < 1.29 is 4.92 Å². The second-order valence-corrected chi connectivity index (χ2v) is 5.74. The van der Waals surface area contributed by atoms with Gasteiger partial charge in [0.15, 0.2) is 0 Å². The third-order valence-electron chi connectivity index (χ3n) is 2.70. The minimum atomic E-state index is -0.369. The molecule has 0 aromatic heterocycles. The Morgan fingerprint density at radius 3 is 2.00 bits per heavy atom. The van der Waals surface area contributed by atoms with Crippen molar-refractivity contribution >= 4 is 21.6 Å². The summed E-state index contributed by atoms with van der Waals surface area (Å²) in [4.78, 5) is 10.5. The summed E-state index contributed by atoms with van der Waals surface area (Å²) in [5.41, 5.74) is 1.29. The van der Waals surface area contributed by atoms with E-state index < -0.39 is 0 Å². The van der Waals surface area contributed by atoms with Gasteiger partial charge in [0.2, 0.25) is 0 Å². The van der Waals surface area contributed by atoms with E-state index >= 15 is 0 Å². The van der Waals surface area contributed by atoms with Gasteiger partial charge in [0.05, 0.1) is 4.92 Å². The maximum atomic E-state index is 10.5. The molecule has 88 valence electrons. The Kier molecular flexibility index (Phi) is 4.47. The predicted molar refractivity (Wildman–Crippen MR) is 69.1 cm³/mol. The van der Waals surface area contributed by atoms with E-state index in [1.165, 1.54) is 0 Å². The maximum absolute atomic E-state index is 10.5. The fourth-order valence-electron chi connectivity index (χ4n) is 2.00. The van der Waals surface area contributed by atoms with Crippen molar-refractivity contribution in [3.05, 3.63) is 39.9 Å². The molecule has 0 saturated carbocycles. The molecule has 0 heterocycles. The summed E-state index contributed by atoms with van der Waals surface area (Å²) in [6.07, 6.45) is 0. The number of hydrogen-bond acceptors (Lipinski definition) is 2. The fraction of sp³-hybridized carbons (Fsp3) is 0.500. The van der Waals surface area contributed by atoms with Gasteiger partial charge in [-0.05, 0) is 17.4 Å². The predicted octanol–water partition coefficient (Wildman–Crippen LogP) is 4.12. The molecule has 0 spiro atoms. The van der Waals surface area contributed by atoms with E-state index in [1.807, 2.05) is 12.1 Å². The zero-order chi connectivity index (χ0) is 12.3. The summed E-state index contributed by atoms with van der Waals surface area (Å²) in [5.74, 6) is 0.872. The lowest BCUT2D eigenvalue weighted by Crippen LogP contribution is -2.15. The smallest absolute Gasteiger partial charge is 0.258 e. The molecule has 0 amide bonds. The molecule has 2 atom stereocenters. The van der Waals surface area contributed by atoms with E-state index in [0.29, 0.717) is 16.7 Å². The molecule has 1 rings (SSSR count). The highest BCUT2D eigenvalue weighted by molar-refractivity contribution is 9.09. The number of rotatable bonds is 4. The molecule has 1 aromatic rings. The van der Waals surface area contributed by atoms with Crippen LogP contribution >= 0.6 is 15.9 Å². The van der Waals surface area contributed by atoms with Crippen molar-refractivity contribution in [3.8, 4) is 0 Å². The summed E-state index contributed by atoms with van der Waals surface area (Å²) in [5, 5.41) is 10.5. The average Bonchev–Trinajstić information content (AvgIpc) is 2.17. The Bertz CT molecular complexity index is 352. The molecular formula is C12H16BrNO2. The molecular weight excluding hydrogens is 270 g/mol. The van der Waals surface area contributed by atoms with Crippen LogP contribution in [0.15, 0.2) is 24.3 Å². The minimum absolute atomic E-state index is 0.147. The molecule has 3 nitrogen and oxygen atoms in total. The number of nitrogens with zero attached hydrogens (tertiary/aromatic N) is 1. The Hall–Kier alpha value is -0.900. The highest BCUT2D eigenvalue weighted by Gasteiger charge is 2.21. The lowest BCUT2D eigenvalue weighted by atomic mass is 9.86. The van der Waals surface area contributed by atoms with Crippen LogP contribution in [0.2, 0.25) is 0 Å². The van der Waals surface area contributed by atoms with E-state index in [2.05, 4.69) is 36.7 Å². The normalized spacial score (nSPS) is 14.8.